The van der Waals surface area contributed by atoms with Crippen LogP contribution in [0.25, 0.3) is 0 Å². The number of aliphatic carboxylic acids is 1. The molecule has 1 saturated heterocycles. The maximum absolute atomic E-state index is 13.5. The molecule has 2 aromatic rings. The van der Waals surface area contributed by atoms with Crippen LogP contribution in [0.2, 0.25) is 0 Å². The minimum Gasteiger partial charge on any atom is -0.487 e. The van der Waals surface area contributed by atoms with Gasteiger partial charge in [0.2, 0.25) is 10.0 Å². The van der Waals surface area contributed by atoms with Crippen LogP contribution < -0.4 is 4.74 Å². The normalized spacial score (nSPS) is 21.3. The number of carbonyl (C=O) groups is 2. The zero-order valence-electron chi connectivity index (χ0n) is 20.3. The summed E-state index contributed by atoms with van der Waals surface area (Å²) in [4.78, 5) is 27.9. The predicted octanol–water partition coefficient (Wildman–Crippen LogP) is 3.43. The molecule has 2 aliphatic rings. The number of likely N-dealkylation sites (tertiary alicyclic amines) is 1. The third-order valence-corrected chi connectivity index (χ3v) is 7.81. The minimum absolute atomic E-state index is 0.0850. The van der Waals surface area contributed by atoms with Crippen molar-refractivity contribution in [2.24, 2.45) is 5.92 Å². The predicted molar refractivity (Wildman–Crippen MR) is 126 cm³/mol. The molecule has 0 saturated carbocycles. The average Bonchev–Trinajstić information content (AvgIpc) is 3.08. The number of carbonyl (C=O) groups excluding carboxylic acids is 1. The Morgan fingerprint density at radius 3 is 2.38 bits per heavy atom. The Bertz CT molecular complexity index is 1210. The average molecular weight is 544 g/mol. The van der Waals surface area contributed by atoms with Crippen molar-refractivity contribution in [1.82, 2.24) is 14.2 Å². The number of nitrogens with zero attached hydrogens (tertiary/aromatic N) is 3. The summed E-state index contributed by atoms with van der Waals surface area (Å²) in [5.74, 6) is -2.28. The van der Waals surface area contributed by atoms with Gasteiger partial charge in [-0.3, -0.25) is 9.78 Å². The molecule has 2 atom stereocenters. The molecule has 13 heteroatoms. The van der Waals surface area contributed by atoms with Crippen LogP contribution >= 0.6 is 0 Å². The second-order valence-electron chi connectivity index (χ2n) is 9.05. The third-order valence-electron chi connectivity index (χ3n) is 5.87. The maximum atomic E-state index is 13.5. The van der Waals surface area contributed by atoms with Crippen molar-refractivity contribution in [2.45, 2.75) is 49.9 Å². The molecule has 1 aromatic carbocycles. The highest BCUT2D eigenvalue weighted by Crippen LogP contribution is 2.37. The van der Waals surface area contributed by atoms with Gasteiger partial charge in [0, 0.05) is 38.4 Å². The number of para-hydroxylation sites is 1. The first-order valence-corrected chi connectivity index (χ1v) is 13.0. The molecule has 37 heavy (non-hydrogen) atoms. The van der Waals surface area contributed by atoms with Gasteiger partial charge >= 0.3 is 12.1 Å². The van der Waals surface area contributed by atoms with Crippen molar-refractivity contribution in [3.05, 3.63) is 54.4 Å². The monoisotopic (exact) mass is 543 g/mol. The van der Waals surface area contributed by atoms with Gasteiger partial charge in [-0.15, -0.1) is 0 Å². The van der Waals surface area contributed by atoms with E-state index in [1.165, 1.54) is 0 Å². The highest BCUT2D eigenvalue weighted by atomic mass is 32.2. The number of hydrogen-bond acceptors (Lipinski definition) is 6. The van der Waals surface area contributed by atoms with Crippen LogP contribution in [0.5, 0.6) is 5.75 Å². The largest absolute Gasteiger partial charge is 0.490 e. The van der Waals surface area contributed by atoms with Gasteiger partial charge in [0.05, 0.1) is 11.6 Å². The van der Waals surface area contributed by atoms with Crippen LogP contribution in [0.1, 0.15) is 37.0 Å². The van der Waals surface area contributed by atoms with Gasteiger partial charge in [-0.1, -0.05) is 26.0 Å². The van der Waals surface area contributed by atoms with Crippen molar-refractivity contribution < 1.29 is 41.0 Å². The van der Waals surface area contributed by atoms with Crippen LogP contribution in [0.4, 0.5) is 13.2 Å². The van der Waals surface area contributed by atoms with E-state index in [2.05, 4.69) is 4.98 Å². The number of aromatic nitrogens is 1. The Balaban J connectivity index is 0.000000479. The van der Waals surface area contributed by atoms with E-state index in [0.29, 0.717) is 43.8 Å². The van der Waals surface area contributed by atoms with E-state index in [1.807, 2.05) is 13.8 Å². The third kappa shape index (κ3) is 6.77. The molecule has 3 heterocycles. The lowest BCUT2D eigenvalue weighted by Crippen LogP contribution is -2.48. The SMILES string of the molecule is CC(C)CN1[C@H]2CCN(C(=O)c3cccnc3)CC[C@@H]2Oc2ccccc2S1(=O)=O.O=C(O)C(F)(F)F. The van der Waals surface area contributed by atoms with Crippen LogP contribution in [-0.4, -0.2) is 77.5 Å². The number of pyridine rings is 1. The summed E-state index contributed by atoms with van der Waals surface area (Å²) < 4.78 is 66.6. The number of ether oxygens (including phenoxy) is 1. The van der Waals surface area contributed by atoms with E-state index >= 15 is 0 Å². The Hall–Kier alpha value is -3.19. The van der Waals surface area contributed by atoms with Gasteiger partial charge in [-0.2, -0.15) is 17.5 Å². The highest BCUT2D eigenvalue weighted by molar-refractivity contribution is 7.89. The van der Waals surface area contributed by atoms with E-state index < -0.39 is 22.2 Å². The quantitative estimate of drug-likeness (QED) is 0.631. The molecule has 0 radical (unpaired) electrons. The van der Waals surface area contributed by atoms with Gasteiger partial charge < -0.3 is 14.7 Å². The van der Waals surface area contributed by atoms with Crippen molar-refractivity contribution in [3.63, 3.8) is 0 Å². The molecule has 9 nitrogen and oxygen atoms in total. The number of amides is 1. The molecule has 0 bridgehead atoms. The van der Waals surface area contributed by atoms with E-state index in [1.54, 1.807) is 58.0 Å². The van der Waals surface area contributed by atoms with Crippen molar-refractivity contribution in [1.29, 1.82) is 0 Å². The summed E-state index contributed by atoms with van der Waals surface area (Å²) in [6.45, 7) is 5.41. The number of carboxylic acids is 1. The summed E-state index contributed by atoms with van der Waals surface area (Å²) in [6, 6.07) is 10.0. The van der Waals surface area contributed by atoms with Crippen molar-refractivity contribution in [3.8, 4) is 5.75 Å². The summed E-state index contributed by atoms with van der Waals surface area (Å²) in [6.07, 6.45) is -1.11. The second-order valence-corrected chi connectivity index (χ2v) is 10.9. The lowest BCUT2D eigenvalue weighted by Gasteiger charge is -2.32. The summed E-state index contributed by atoms with van der Waals surface area (Å²) in [5.41, 5.74) is 0.539. The van der Waals surface area contributed by atoms with Crippen molar-refractivity contribution >= 4 is 21.9 Å². The Kier molecular flexibility index (Phi) is 8.80. The highest BCUT2D eigenvalue weighted by Gasteiger charge is 2.44. The molecule has 1 amide bonds. The molecular formula is C24H28F3N3O6S. The number of fused-ring (bicyclic) bond motifs is 2. The molecule has 1 aromatic heterocycles. The van der Waals surface area contributed by atoms with Gasteiger partial charge in [-0.25, -0.2) is 13.2 Å². The number of benzene rings is 1. The molecule has 202 valence electrons. The zero-order valence-corrected chi connectivity index (χ0v) is 21.1. The fourth-order valence-corrected chi connectivity index (χ4v) is 6.19. The van der Waals surface area contributed by atoms with Crippen molar-refractivity contribution in [2.75, 3.05) is 19.6 Å². The number of rotatable bonds is 3. The summed E-state index contributed by atoms with van der Waals surface area (Å²) in [5, 5.41) is 7.12. The first-order valence-electron chi connectivity index (χ1n) is 11.6. The number of alkyl halides is 3. The molecule has 0 unspecified atom stereocenters. The van der Waals surface area contributed by atoms with Gasteiger partial charge in [0.1, 0.15) is 16.7 Å². The standard InChI is InChI=1S/C22H27N3O4S.C2HF3O2/c1-16(2)15-25-18-9-12-24(22(26)17-6-5-11-23-14-17)13-10-19(18)29-20-7-3-4-8-21(20)30(25,27)28;3-2(4,5)1(6)7/h3-8,11,14,16,18-19H,9-10,12-13,15H2,1-2H3;(H,6,7)/t18-,19-;/m0./s1. The Morgan fingerprint density at radius 2 is 1.78 bits per heavy atom. The zero-order chi connectivity index (χ0) is 27.4. The Labute approximate surface area is 212 Å². The van der Waals surface area contributed by atoms with E-state index in [4.69, 9.17) is 14.6 Å². The number of carboxylic acid groups (broad SMARTS) is 1. The smallest absolute Gasteiger partial charge is 0.487 e. The van der Waals surface area contributed by atoms with Crippen LogP contribution in [0.3, 0.4) is 0 Å². The van der Waals surface area contributed by atoms with E-state index in [9.17, 15) is 26.4 Å². The molecule has 4 rings (SSSR count). The summed E-state index contributed by atoms with van der Waals surface area (Å²) in [7, 11) is -3.70. The number of sulfonamides is 1. The first-order chi connectivity index (χ1) is 17.3. The second kappa shape index (κ2) is 11.5. The van der Waals surface area contributed by atoms with E-state index in [-0.39, 0.29) is 28.9 Å². The minimum atomic E-state index is -5.08. The fraction of sp³-hybridized carbons (Fsp3) is 0.458. The van der Waals surface area contributed by atoms with Crippen LogP contribution in [0.15, 0.2) is 53.7 Å². The topological polar surface area (TPSA) is 117 Å². The lowest BCUT2D eigenvalue weighted by atomic mass is 10.0. The number of halogens is 3. The molecular weight excluding hydrogens is 515 g/mol. The van der Waals surface area contributed by atoms with Crippen LogP contribution in [0, 0.1) is 5.92 Å². The fourth-order valence-electron chi connectivity index (χ4n) is 4.22. The molecule has 0 aliphatic carbocycles. The first kappa shape index (κ1) is 28.4. The van der Waals surface area contributed by atoms with Gasteiger partial charge in [-0.05, 0) is 36.6 Å². The molecule has 0 spiro atoms. The maximum Gasteiger partial charge on any atom is 0.490 e. The molecule has 1 fully saturated rings. The molecule has 2 aliphatic heterocycles. The lowest BCUT2D eigenvalue weighted by molar-refractivity contribution is -0.192. The number of hydrogen-bond donors (Lipinski definition) is 1. The van der Waals surface area contributed by atoms with Crippen LogP contribution in [-0.2, 0) is 14.8 Å². The van der Waals surface area contributed by atoms with Gasteiger partial charge in [0.25, 0.3) is 5.91 Å². The molecule has 1 N–H and O–H groups in total. The van der Waals surface area contributed by atoms with E-state index in [0.717, 1.165) is 0 Å². The summed E-state index contributed by atoms with van der Waals surface area (Å²) >= 11 is 0. The van der Waals surface area contributed by atoms with Gasteiger partial charge in [0.15, 0.2) is 0 Å². The Morgan fingerprint density at radius 1 is 1.14 bits per heavy atom.